The standard InChI is InChI=1S/C13H27N3O2/c1-15(2)13(18)12-11-14-7-9-16(12)8-5-3-4-6-10-17/h12,14,17H,3-11H2,1-2H3. The molecule has 1 aliphatic heterocycles. The lowest BCUT2D eigenvalue weighted by Crippen LogP contribution is -2.57. The van der Waals surface area contributed by atoms with Crippen molar-refractivity contribution >= 4 is 5.91 Å². The maximum Gasteiger partial charge on any atom is 0.240 e. The van der Waals surface area contributed by atoms with E-state index in [1.54, 1.807) is 4.90 Å². The molecule has 0 radical (unpaired) electrons. The van der Waals surface area contributed by atoms with Crippen LogP contribution in [0.4, 0.5) is 0 Å². The Balaban J connectivity index is 2.33. The number of nitrogens with zero attached hydrogens (tertiary/aromatic N) is 2. The van der Waals surface area contributed by atoms with Crippen molar-refractivity contribution < 1.29 is 9.90 Å². The summed E-state index contributed by atoms with van der Waals surface area (Å²) in [6.07, 6.45) is 4.21. The minimum atomic E-state index is -0.00779. The van der Waals surface area contributed by atoms with E-state index in [4.69, 9.17) is 5.11 Å². The van der Waals surface area contributed by atoms with Gasteiger partial charge in [0.15, 0.2) is 0 Å². The van der Waals surface area contributed by atoms with Crippen molar-refractivity contribution in [2.45, 2.75) is 31.7 Å². The summed E-state index contributed by atoms with van der Waals surface area (Å²) in [6.45, 7) is 3.94. The highest BCUT2D eigenvalue weighted by Gasteiger charge is 2.28. The lowest BCUT2D eigenvalue weighted by atomic mass is 10.1. The maximum atomic E-state index is 12.1. The van der Waals surface area contributed by atoms with Crippen LogP contribution in [-0.4, -0.2) is 73.7 Å². The van der Waals surface area contributed by atoms with Crippen LogP contribution in [0.25, 0.3) is 0 Å². The smallest absolute Gasteiger partial charge is 0.240 e. The lowest BCUT2D eigenvalue weighted by Gasteiger charge is -2.36. The first-order chi connectivity index (χ1) is 8.66. The fourth-order valence-corrected chi connectivity index (χ4v) is 2.34. The van der Waals surface area contributed by atoms with Crippen molar-refractivity contribution in [3.63, 3.8) is 0 Å². The Hall–Kier alpha value is -0.650. The Bertz CT molecular complexity index is 246. The summed E-state index contributed by atoms with van der Waals surface area (Å²) in [5.41, 5.74) is 0. The van der Waals surface area contributed by atoms with E-state index < -0.39 is 0 Å². The predicted octanol–water partition coefficient (Wildman–Crippen LogP) is -0.0989. The van der Waals surface area contributed by atoms with Crippen molar-refractivity contribution in [2.24, 2.45) is 0 Å². The summed E-state index contributed by atoms with van der Waals surface area (Å²) in [5.74, 6) is 0.192. The molecule has 0 saturated carbocycles. The molecule has 1 rings (SSSR count). The summed E-state index contributed by atoms with van der Waals surface area (Å²) in [7, 11) is 3.63. The van der Waals surface area contributed by atoms with E-state index in [1.165, 1.54) is 0 Å². The van der Waals surface area contributed by atoms with Gasteiger partial charge in [-0.05, 0) is 19.4 Å². The minimum Gasteiger partial charge on any atom is -0.396 e. The molecule has 18 heavy (non-hydrogen) atoms. The molecular formula is C13H27N3O2. The fraction of sp³-hybridized carbons (Fsp3) is 0.923. The zero-order valence-corrected chi connectivity index (χ0v) is 11.7. The Kier molecular flexibility index (Phi) is 7.23. The number of aliphatic hydroxyl groups excluding tert-OH is 1. The van der Waals surface area contributed by atoms with Crippen LogP contribution in [-0.2, 0) is 4.79 Å². The van der Waals surface area contributed by atoms with Gasteiger partial charge in [0.25, 0.3) is 0 Å². The van der Waals surface area contributed by atoms with E-state index in [2.05, 4.69) is 10.2 Å². The van der Waals surface area contributed by atoms with Gasteiger partial charge in [0, 0.05) is 40.3 Å². The third-order valence-electron chi connectivity index (χ3n) is 3.43. The number of piperazine rings is 1. The average Bonchev–Trinajstić information content (AvgIpc) is 2.38. The molecule has 0 aliphatic carbocycles. The molecule has 0 spiro atoms. The number of amides is 1. The normalized spacial score (nSPS) is 20.9. The number of unbranched alkanes of at least 4 members (excludes halogenated alkanes) is 3. The topological polar surface area (TPSA) is 55.8 Å². The molecule has 0 aromatic heterocycles. The van der Waals surface area contributed by atoms with E-state index in [1.807, 2.05) is 14.1 Å². The number of likely N-dealkylation sites (N-methyl/N-ethyl adjacent to an activating group) is 1. The van der Waals surface area contributed by atoms with Gasteiger partial charge in [0.2, 0.25) is 5.91 Å². The third kappa shape index (κ3) is 4.92. The number of hydrogen-bond donors (Lipinski definition) is 2. The van der Waals surface area contributed by atoms with Crippen LogP contribution in [0, 0.1) is 0 Å². The fourth-order valence-electron chi connectivity index (χ4n) is 2.34. The second-order valence-electron chi connectivity index (χ2n) is 5.13. The molecule has 1 atom stereocenters. The molecule has 5 nitrogen and oxygen atoms in total. The molecule has 1 heterocycles. The molecule has 1 saturated heterocycles. The summed E-state index contributed by atoms with van der Waals surface area (Å²) >= 11 is 0. The second-order valence-corrected chi connectivity index (χ2v) is 5.13. The maximum absolute atomic E-state index is 12.1. The van der Waals surface area contributed by atoms with Crippen LogP contribution in [0.2, 0.25) is 0 Å². The molecule has 0 aromatic rings. The molecule has 0 aromatic carbocycles. The molecule has 0 bridgehead atoms. The first kappa shape index (κ1) is 15.4. The molecule has 2 N–H and O–H groups in total. The van der Waals surface area contributed by atoms with Gasteiger partial charge < -0.3 is 15.3 Å². The number of rotatable bonds is 7. The molecule has 106 valence electrons. The molecule has 1 unspecified atom stereocenters. The Morgan fingerprint density at radius 1 is 1.33 bits per heavy atom. The zero-order valence-electron chi connectivity index (χ0n) is 11.7. The summed E-state index contributed by atoms with van der Waals surface area (Å²) in [6, 6.07) is -0.00779. The van der Waals surface area contributed by atoms with Crippen molar-refractivity contribution in [3.8, 4) is 0 Å². The van der Waals surface area contributed by atoms with Crippen LogP contribution < -0.4 is 5.32 Å². The van der Waals surface area contributed by atoms with Gasteiger partial charge in [-0.25, -0.2) is 0 Å². The number of carbonyl (C=O) groups excluding carboxylic acids is 1. The third-order valence-corrected chi connectivity index (χ3v) is 3.43. The van der Waals surface area contributed by atoms with Crippen molar-refractivity contribution in [3.05, 3.63) is 0 Å². The van der Waals surface area contributed by atoms with Gasteiger partial charge in [-0.15, -0.1) is 0 Å². The van der Waals surface area contributed by atoms with Gasteiger partial charge in [0.1, 0.15) is 6.04 Å². The van der Waals surface area contributed by atoms with Crippen LogP contribution >= 0.6 is 0 Å². The van der Waals surface area contributed by atoms with E-state index in [0.29, 0.717) is 0 Å². The molecule has 1 fully saturated rings. The van der Waals surface area contributed by atoms with Gasteiger partial charge in [-0.1, -0.05) is 12.8 Å². The Morgan fingerprint density at radius 3 is 2.72 bits per heavy atom. The molecular weight excluding hydrogens is 230 g/mol. The Morgan fingerprint density at radius 2 is 2.06 bits per heavy atom. The number of carbonyl (C=O) groups is 1. The summed E-state index contributed by atoms with van der Waals surface area (Å²) in [4.78, 5) is 16.0. The molecule has 5 heteroatoms. The van der Waals surface area contributed by atoms with Crippen LogP contribution in [0.5, 0.6) is 0 Å². The van der Waals surface area contributed by atoms with Gasteiger partial charge >= 0.3 is 0 Å². The SMILES string of the molecule is CN(C)C(=O)C1CNCCN1CCCCCCO. The van der Waals surface area contributed by atoms with E-state index >= 15 is 0 Å². The van der Waals surface area contributed by atoms with Crippen LogP contribution in [0.3, 0.4) is 0 Å². The highest BCUT2D eigenvalue weighted by Crippen LogP contribution is 2.09. The molecule has 1 amide bonds. The molecule has 1 aliphatic rings. The van der Waals surface area contributed by atoms with Gasteiger partial charge in [0.05, 0.1) is 0 Å². The number of hydrogen-bond acceptors (Lipinski definition) is 4. The highest BCUT2D eigenvalue weighted by molar-refractivity contribution is 5.81. The van der Waals surface area contributed by atoms with Gasteiger partial charge in [-0.2, -0.15) is 0 Å². The van der Waals surface area contributed by atoms with Crippen molar-refractivity contribution in [1.82, 2.24) is 15.1 Å². The summed E-state index contributed by atoms with van der Waals surface area (Å²) in [5, 5.41) is 12.0. The summed E-state index contributed by atoms with van der Waals surface area (Å²) < 4.78 is 0. The van der Waals surface area contributed by atoms with Crippen LogP contribution in [0.15, 0.2) is 0 Å². The van der Waals surface area contributed by atoms with Crippen molar-refractivity contribution in [1.29, 1.82) is 0 Å². The van der Waals surface area contributed by atoms with Crippen LogP contribution in [0.1, 0.15) is 25.7 Å². The second kappa shape index (κ2) is 8.45. The van der Waals surface area contributed by atoms with E-state index in [0.717, 1.165) is 51.9 Å². The van der Waals surface area contributed by atoms with Gasteiger partial charge in [-0.3, -0.25) is 9.69 Å². The predicted molar refractivity (Wildman–Crippen MR) is 72.5 cm³/mol. The van der Waals surface area contributed by atoms with E-state index in [9.17, 15) is 4.79 Å². The average molecular weight is 257 g/mol. The largest absolute Gasteiger partial charge is 0.396 e. The quantitative estimate of drug-likeness (QED) is 0.626. The monoisotopic (exact) mass is 257 g/mol. The Labute approximate surface area is 110 Å². The van der Waals surface area contributed by atoms with Crippen molar-refractivity contribution in [2.75, 3.05) is 46.9 Å². The zero-order chi connectivity index (χ0) is 13.4. The lowest BCUT2D eigenvalue weighted by molar-refractivity contribution is -0.135. The number of nitrogens with one attached hydrogen (secondary N) is 1. The van der Waals surface area contributed by atoms with E-state index in [-0.39, 0.29) is 18.6 Å². The minimum absolute atomic E-state index is 0.00779. The first-order valence-electron chi connectivity index (χ1n) is 6.93. The number of aliphatic hydroxyl groups is 1. The first-order valence-corrected chi connectivity index (χ1v) is 6.93. The highest BCUT2D eigenvalue weighted by atomic mass is 16.2.